The highest BCUT2D eigenvalue weighted by Gasteiger charge is 2.30. The van der Waals surface area contributed by atoms with Crippen LogP contribution >= 0.6 is 0 Å². The summed E-state index contributed by atoms with van der Waals surface area (Å²) < 4.78 is 0. The van der Waals surface area contributed by atoms with Gasteiger partial charge >= 0.3 is 0 Å². The van der Waals surface area contributed by atoms with Gasteiger partial charge in [-0.15, -0.1) is 0 Å². The molecule has 1 saturated carbocycles. The first kappa shape index (κ1) is 11.0. The Balaban J connectivity index is 2.17. The van der Waals surface area contributed by atoms with Gasteiger partial charge in [-0.3, -0.25) is 0 Å². The van der Waals surface area contributed by atoms with E-state index in [9.17, 15) is 0 Å². The molecule has 1 aliphatic carbocycles. The van der Waals surface area contributed by atoms with Crippen molar-refractivity contribution in [1.29, 1.82) is 0 Å². The number of hydrogen-bond donors (Lipinski definition) is 2. The Bertz CT molecular complexity index is 154. The third-order valence-electron chi connectivity index (χ3n) is 3.16. The van der Waals surface area contributed by atoms with Gasteiger partial charge in [0.2, 0.25) is 0 Å². The van der Waals surface area contributed by atoms with Crippen molar-refractivity contribution in [3.8, 4) is 0 Å². The predicted octanol–water partition coefficient (Wildman–Crippen LogP) is 1.89. The summed E-state index contributed by atoms with van der Waals surface area (Å²) in [5.74, 6) is 0. The molecule has 1 fully saturated rings. The number of hydrogen-bond acceptors (Lipinski definition) is 2. The van der Waals surface area contributed by atoms with Crippen LogP contribution in [-0.4, -0.2) is 18.6 Å². The van der Waals surface area contributed by atoms with Gasteiger partial charge < -0.3 is 11.1 Å². The number of rotatable bonds is 4. The van der Waals surface area contributed by atoms with Crippen molar-refractivity contribution >= 4 is 0 Å². The summed E-state index contributed by atoms with van der Waals surface area (Å²) in [6.45, 7) is 7.84. The molecular weight excluding hydrogens is 160 g/mol. The SMILES string of the molecule is CCC(N)CNC1CCC(C)(C)C1. The molecule has 0 amide bonds. The molecule has 78 valence electrons. The molecule has 0 radical (unpaired) electrons. The molecule has 0 heterocycles. The highest BCUT2D eigenvalue weighted by Crippen LogP contribution is 2.36. The fourth-order valence-corrected chi connectivity index (χ4v) is 2.07. The van der Waals surface area contributed by atoms with E-state index in [4.69, 9.17) is 5.73 Å². The predicted molar refractivity (Wildman–Crippen MR) is 57.7 cm³/mol. The average Bonchev–Trinajstić information content (AvgIpc) is 2.41. The maximum atomic E-state index is 5.86. The van der Waals surface area contributed by atoms with Crippen molar-refractivity contribution in [3.05, 3.63) is 0 Å². The second kappa shape index (κ2) is 4.43. The lowest BCUT2D eigenvalue weighted by Crippen LogP contribution is -2.38. The van der Waals surface area contributed by atoms with E-state index in [0.29, 0.717) is 17.5 Å². The molecular formula is C11H24N2. The average molecular weight is 184 g/mol. The molecule has 0 aromatic rings. The van der Waals surface area contributed by atoms with Crippen molar-refractivity contribution in [2.75, 3.05) is 6.54 Å². The fraction of sp³-hybridized carbons (Fsp3) is 1.00. The molecule has 0 saturated heterocycles. The highest BCUT2D eigenvalue weighted by molar-refractivity contribution is 4.86. The Labute approximate surface area is 82.3 Å². The Morgan fingerprint density at radius 1 is 1.54 bits per heavy atom. The van der Waals surface area contributed by atoms with Crippen LogP contribution in [0.15, 0.2) is 0 Å². The van der Waals surface area contributed by atoms with Crippen LogP contribution in [0, 0.1) is 5.41 Å². The van der Waals surface area contributed by atoms with Gasteiger partial charge in [0.1, 0.15) is 0 Å². The van der Waals surface area contributed by atoms with Crippen LogP contribution < -0.4 is 11.1 Å². The molecule has 2 nitrogen and oxygen atoms in total. The Morgan fingerprint density at radius 2 is 2.23 bits per heavy atom. The lowest BCUT2D eigenvalue weighted by atomic mass is 9.92. The lowest BCUT2D eigenvalue weighted by Gasteiger charge is -2.19. The monoisotopic (exact) mass is 184 g/mol. The van der Waals surface area contributed by atoms with E-state index in [-0.39, 0.29) is 0 Å². The zero-order valence-electron chi connectivity index (χ0n) is 9.27. The van der Waals surface area contributed by atoms with Gasteiger partial charge in [-0.25, -0.2) is 0 Å². The Hall–Kier alpha value is -0.0800. The minimum absolute atomic E-state index is 0.337. The fourth-order valence-electron chi connectivity index (χ4n) is 2.07. The van der Waals surface area contributed by atoms with E-state index in [0.717, 1.165) is 13.0 Å². The molecule has 1 aliphatic rings. The first-order chi connectivity index (χ1) is 6.03. The van der Waals surface area contributed by atoms with Crippen LogP contribution in [0.1, 0.15) is 46.5 Å². The molecule has 3 N–H and O–H groups in total. The van der Waals surface area contributed by atoms with E-state index in [1.54, 1.807) is 0 Å². The van der Waals surface area contributed by atoms with Crippen molar-refractivity contribution in [3.63, 3.8) is 0 Å². The largest absolute Gasteiger partial charge is 0.327 e. The number of nitrogens with two attached hydrogens (primary N) is 1. The minimum atomic E-state index is 0.337. The van der Waals surface area contributed by atoms with Crippen molar-refractivity contribution < 1.29 is 0 Å². The van der Waals surface area contributed by atoms with Crippen molar-refractivity contribution in [2.45, 2.75) is 58.5 Å². The summed E-state index contributed by atoms with van der Waals surface area (Å²) in [6, 6.07) is 1.05. The molecule has 2 heteroatoms. The maximum absolute atomic E-state index is 5.86. The summed E-state index contributed by atoms with van der Waals surface area (Å²) in [4.78, 5) is 0. The Kier molecular flexibility index (Phi) is 3.74. The molecule has 1 rings (SSSR count). The molecule has 2 atom stereocenters. The molecule has 0 spiro atoms. The summed E-state index contributed by atoms with van der Waals surface area (Å²) in [6.07, 6.45) is 5.06. The molecule has 2 unspecified atom stereocenters. The number of nitrogens with one attached hydrogen (secondary N) is 1. The van der Waals surface area contributed by atoms with E-state index in [1.165, 1.54) is 19.3 Å². The summed E-state index contributed by atoms with van der Waals surface area (Å²) >= 11 is 0. The van der Waals surface area contributed by atoms with Crippen LogP contribution in [-0.2, 0) is 0 Å². The maximum Gasteiger partial charge on any atom is 0.0162 e. The third kappa shape index (κ3) is 3.65. The third-order valence-corrected chi connectivity index (χ3v) is 3.16. The van der Waals surface area contributed by atoms with E-state index >= 15 is 0 Å². The molecule has 0 aromatic heterocycles. The molecule has 0 aliphatic heterocycles. The minimum Gasteiger partial charge on any atom is -0.327 e. The van der Waals surface area contributed by atoms with Crippen LogP contribution in [0.4, 0.5) is 0 Å². The standard InChI is InChI=1S/C11H24N2/c1-4-9(12)8-13-10-5-6-11(2,3)7-10/h9-10,13H,4-8,12H2,1-3H3. The zero-order chi connectivity index (χ0) is 9.90. The molecule has 0 aromatic carbocycles. The lowest BCUT2D eigenvalue weighted by molar-refractivity contribution is 0.361. The smallest absolute Gasteiger partial charge is 0.0162 e. The Morgan fingerprint density at radius 3 is 2.69 bits per heavy atom. The van der Waals surface area contributed by atoms with E-state index in [1.807, 2.05) is 0 Å². The van der Waals surface area contributed by atoms with Crippen molar-refractivity contribution in [1.82, 2.24) is 5.32 Å². The highest BCUT2D eigenvalue weighted by atomic mass is 14.9. The van der Waals surface area contributed by atoms with Crippen LogP contribution in [0.2, 0.25) is 0 Å². The van der Waals surface area contributed by atoms with Gasteiger partial charge in [0.05, 0.1) is 0 Å². The summed E-state index contributed by atoms with van der Waals surface area (Å²) in [5, 5.41) is 3.56. The van der Waals surface area contributed by atoms with Gasteiger partial charge in [0.15, 0.2) is 0 Å². The summed E-state index contributed by atoms with van der Waals surface area (Å²) in [5.41, 5.74) is 6.41. The van der Waals surface area contributed by atoms with Crippen LogP contribution in [0.5, 0.6) is 0 Å². The molecule has 13 heavy (non-hydrogen) atoms. The van der Waals surface area contributed by atoms with E-state index < -0.39 is 0 Å². The topological polar surface area (TPSA) is 38.0 Å². The quantitative estimate of drug-likeness (QED) is 0.700. The van der Waals surface area contributed by atoms with Gasteiger partial charge in [-0.05, 0) is 31.1 Å². The molecule has 0 bridgehead atoms. The first-order valence-electron chi connectivity index (χ1n) is 5.52. The zero-order valence-corrected chi connectivity index (χ0v) is 9.27. The van der Waals surface area contributed by atoms with Gasteiger partial charge in [-0.1, -0.05) is 20.8 Å². The van der Waals surface area contributed by atoms with Gasteiger partial charge in [0.25, 0.3) is 0 Å². The van der Waals surface area contributed by atoms with Crippen LogP contribution in [0.3, 0.4) is 0 Å². The second-order valence-electron chi connectivity index (χ2n) is 5.18. The normalized spacial score (nSPS) is 29.1. The van der Waals surface area contributed by atoms with Crippen molar-refractivity contribution in [2.24, 2.45) is 11.1 Å². The van der Waals surface area contributed by atoms with E-state index in [2.05, 4.69) is 26.1 Å². The second-order valence-corrected chi connectivity index (χ2v) is 5.18. The van der Waals surface area contributed by atoms with Gasteiger partial charge in [0, 0.05) is 18.6 Å². The van der Waals surface area contributed by atoms with Gasteiger partial charge in [-0.2, -0.15) is 0 Å². The van der Waals surface area contributed by atoms with Crippen LogP contribution in [0.25, 0.3) is 0 Å². The summed E-state index contributed by atoms with van der Waals surface area (Å²) in [7, 11) is 0. The first-order valence-corrected chi connectivity index (χ1v) is 5.52.